The van der Waals surface area contributed by atoms with Crippen LogP contribution in [0.3, 0.4) is 0 Å². The highest BCUT2D eigenvalue weighted by Crippen LogP contribution is 2.22. The van der Waals surface area contributed by atoms with Crippen molar-refractivity contribution < 1.29 is 0 Å². The molecule has 0 saturated carbocycles. The van der Waals surface area contributed by atoms with Crippen LogP contribution in [0.15, 0.2) is 18.2 Å². The number of hydrogen-bond acceptors (Lipinski definition) is 4. The van der Waals surface area contributed by atoms with Crippen molar-refractivity contribution in [3.8, 4) is 0 Å². The van der Waals surface area contributed by atoms with E-state index >= 15 is 0 Å². The molecule has 0 atom stereocenters. The van der Waals surface area contributed by atoms with Gasteiger partial charge in [-0.1, -0.05) is 25.0 Å². The molecule has 0 amide bonds. The molecular formula is C19H28N4. The summed E-state index contributed by atoms with van der Waals surface area (Å²) in [7, 11) is 0. The van der Waals surface area contributed by atoms with Gasteiger partial charge in [-0.15, -0.1) is 0 Å². The van der Waals surface area contributed by atoms with Gasteiger partial charge in [0.1, 0.15) is 0 Å². The molecule has 2 aromatic rings. The third-order valence-electron chi connectivity index (χ3n) is 4.77. The molecule has 0 aliphatic carbocycles. The number of nitrogens with one attached hydrogen (secondary N) is 1. The van der Waals surface area contributed by atoms with Crippen LogP contribution in [-0.2, 0) is 0 Å². The van der Waals surface area contributed by atoms with Crippen LogP contribution in [0, 0.1) is 13.8 Å². The van der Waals surface area contributed by atoms with E-state index in [1.807, 2.05) is 0 Å². The third kappa shape index (κ3) is 3.81. The van der Waals surface area contributed by atoms with E-state index in [0.717, 1.165) is 36.8 Å². The van der Waals surface area contributed by atoms with E-state index in [-0.39, 0.29) is 0 Å². The van der Waals surface area contributed by atoms with Crippen LogP contribution in [0.25, 0.3) is 10.9 Å². The van der Waals surface area contributed by atoms with Crippen molar-refractivity contribution >= 4 is 16.9 Å². The summed E-state index contributed by atoms with van der Waals surface area (Å²) in [5.41, 5.74) is 3.40. The fourth-order valence-electron chi connectivity index (χ4n) is 3.29. The van der Waals surface area contributed by atoms with Gasteiger partial charge in [0.2, 0.25) is 5.95 Å². The van der Waals surface area contributed by atoms with E-state index in [9.17, 15) is 0 Å². The first-order chi connectivity index (χ1) is 11.2. The number of piperidine rings is 1. The summed E-state index contributed by atoms with van der Waals surface area (Å²) >= 11 is 0. The molecule has 1 aliphatic rings. The van der Waals surface area contributed by atoms with Gasteiger partial charge in [0.15, 0.2) is 0 Å². The quantitative estimate of drug-likeness (QED) is 0.856. The van der Waals surface area contributed by atoms with Gasteiger partial charge in [0.05, 0.1) is 11.2 Å². The third-order valence-corrected chi connectivity index (χ3v) is 4.77. The summed E-state index contributed by atoms with van der Waals surface area (Å²) in [5.74, 6) is 0.894. The topological polar surface area (TPSA) is 41.0 Å². The Kier molecular flexibility index (Phi) is 5.11. The first-order valence-corrected chi connectivity index (χ1v) is 8.90. The predicted molar refractivity (Wildman–Crippen MR) is 97.2 cm³/mol. The molecule has 1 aromatic carbocycles. The summed E-state index contributed by atoms with van der Waals surface area (Å²) in [5, 5.41) is 4.85. The van der Waals surface area contributed by atoms with Crippen molar-refractivity contribution in [1.29, 1.82) is 0 Å². The molecule has 1 N–H and O–H groups in total. The van der Waals surface area contributed by atoms with Gasteiger partial charge < -0.3 is 10.2 Å². The zero-order valence-corrected chi connectivity index (χ0v) is 14.6. The molecular weight excluding hydrogens is 284 g/mol. The summed E-state index contributed by atoms with van der Waals surface area (Å²) in [6, 6.07) is 7.07. The number of anilines is 1. The monoisotopic (exact) mass is 312 g/mol. The van der Waals surface area contributed by atoms with Crippen LogP contribution in [0.4, 0.5) is 5.95 Å². The molecule has 0 bridgehead atoms. The maximum Gasteiger partial charge on any atom is 0.226 e. The number of fused-ring (bicyclic) bond motifs is 1. The molecule has 1 aromatic heterocycles. The van der Waals surface area contributed by atoms with E-state index in [4.69, 9.17) is 9.97 Å². The van der Waals surface area contributed by atoms with Crippen molar-refractivity contribution in [1.82, 2.24) is 15.3 Å². The average molecular weight is 312 g/mol. The summed E-state index contributed by atoms with van der Waals surface area (Å²) in [6.07, 6.45) is 4.89. The van der Waals surface area contributed by atoms with Gasteiger partial charge in [-0.05, 0) is 51.8 Å². The summed E-state index contributed by atoms with van der Waals surface area (Å²) in [4.78, 5) is 11.9. The Morgan fingerprint density at radius 1 is 1.17 bits per heavy atom. The molecule has 1 saturated heterocycles. The highest BCUT2D eigenvalue weighted by Gasteiger charge is 2.21. The van der Waals surface area contributed by atoms with Crippen molar-refractivity contribution in [2.45, 2.75) is 52.5 Å². The molecule has 2 heterocycles. The van der Waals surface area contributed by atoms with Crippen LogP contribution < -0.4 is 10.2 Å². The minimum Gasteiger partial charge on any atom is -0.341 e. The summed E-state index contributed by atoms with van der Waals surface area (Å²) < 4.78 is 0. The maximum atomic E-state index is 4.80. The number of rotatable bonds is 5. The number of hydrogen-bond donors (Lipinski definition) is 1. The van der Waals surface area contributed by atoms with Crippen molar-refractivity contribution in [2.75, 3.05) is 24.5 Å². The molecule has 0 unspecified atom stereocenters. The number of nitrogens with zero attached hydrogens (tertiary/aromatic N) is 3. The second-order valence-corrected chi connectivity index (χ2v) is 6.70. The van der Waals surface area contributed by atoms with E-state index in [1.54, 1.807) is 0 Å². The SMILES string of the molecule is CCCCNC1CCN(c2nc(C)c3cc(C)ccc3n2)CC1. The first kappa shape index (κ1) is 16.2. The predicted octanol–water partition coefficient (Wildman–Crippen LogP) is 3.61. The Balaban J connectivity index is 1.69. The van der Waals surface area contributed by atoms with E-state index in [1.165, 1.54) is 36.6 Å². The van der Waals surface area contributed by atoms with Gasteiger partial charge in [-0.25, -0.2) is 9.97 Å². The lowest BCUT2D eigenvalue weighted by molar-refractivity contribution is 0.409. The van der Waals surface area contributed by atoms with Crippen LogP contribution in [0.5, 0.6) is 0 Å². The van der Waals surface area contributed by atoms with Crippen LogP contribution in [-0.4, -0.2) is 35.6 Å². The molecule has 23 heavy (non-hydrogen) atoms. The molecule has 0 radical (unpaired) electrons. The van der Waals surface area contributed by atoms with Gasteiger partial charge in [0.25, 0.3) is 0 Å². The lowest BCUT2D eigenvalue weighted by atomic mass is 10.1. The minimum atomic E-state index is 0.655. The zero-order chi connectivity index (χ0) is 16.2. The maximum absolute atomic E-state index is 4.80. The first-order valence-electron chi connectivity index (χ1n) is 8.90. The van der Waals surface area contributed by atoms with Gasteiger partial charge in [-0.3, -0.25) is 0 Å². The van der Waals surface area contributed by atoms with Crippen molar-refractivity contribution in [3.05, 3.63) is 29.5 Å². The zero-order valence-electron chi connectivity index (χ0n) is 14.6. The largest absolute Gasteiger partial charge is 0.341 e. The van der Waals surface area contributed by atoms with E-state index in [2.05, 4.69) is 49.2 Å². The molecule has 1 fully saturated rings. The van der Waals surface area contributed by atoms with Crippen molar-refractivity contribution in [2.24, 2.45) is 0 Å². The van der Waals surface area contributed by atoms with Gasteiger partial charge in [-0.2, -0.15) is 0 Å². The second kappa shape index (κ2) is 7.26. The fraction of sp³-hybridized carbons (Fsp3) is 0.579. The van der Waals surface area contributed by atoms with Crippen molar-refractivity contribution in [3.63, 3.8) is 0 Å². The number of aromatic nitrogens is 2. The lowest BCUT2D eigenvalue weighted by Crippen LogP contribution is -2.43. The van der Waals surface area contributed by atoms with Crippen LogP contribution >= 0.6 is 0 Å². The highest BCUT2D eigenvalue weighted by molar-refractivity contribution is 5.82. The molecule has 124 valence electrons. The summed E-state index contributed by atoms with van der Waals surface area (Å²) in [6.45, 7) is 9.67. The highest BCUT2D eigenvalue weighted by atomic mass is 15.3. The lowest BCUT2D eigenvalue weighted by Gasteiger charge is -2.32. The Hall–Kier alpha value is -1.68. The van der Waals surface area contributed by atoms with Crippen LogP contribution in [0.2, 0.25) is 0 Å². The molecule has 0 spiro atoms. The molecule has 3 rings (SSSR count). The Morgan fingerprint density at radius 2 is 1.96 bits per heavy atom. The molecule has 1 aliphatic heterocycles. The number of aryl methyl sites for hydroxylation is 2. The number of unbranched alkanes of at least 4 members (excludes halogenated alkanes) is 1. The molecule has 4 nitrogen and oxygen atoms in total. The Bertz CT molecular complexity index is 660. The van der Waals surface area contributed by atoms with Crippen LogP contribution in [0.1, 0.15) is 43.9 Å². The normalized spacial score (nSPS) is 16.2. The molecule has 4 heteroatoms. The van der Waals surface area contributed by atoms with E-state index < -0.39 is 0 Å². The number of benzene rings is 1. The van der Waals surface area contributed by atoms with E-state index in [0.29, 0.717) is 6.04 Å². The second-order valence-electron chi connectivity index (χ2n) is 6.70. The average Bonchev–Trinajstić information content (AvgIpc) is 2.56. The van der Waals surface area contributed by atoms with Gasteiger partial charge >= 0.3 is 0 Å². The fourth-order valence-corrected chi connectivity index (χ4v) is 3.29. The Labute approximate surface area is 139 Å². The smallest absolute Gasteiger partial charge is 0.226 e. The van der Waals surface area contributed by atoms with Gasteiger partial charge in [0, 0.05) is 24.5 Å². The standard InChI is InChI=1S/C19H28N4/c1-4-5-10-20-16-8-11-23(12-9-16)19-21-15(3)17-13-14(2)6-7-18(17)22-19/h6-7,13,16,20H,4-5,8-12H2,1-3H3. The minimum absolute atomic E-state index is 0.655. The Morgan fingerprint density at radius 3 is 2.70 bits per heavy atom.